The van der Waals surface area contributed by atoms with Gasteiger partial charge in [-0.25, -0.2) is 0 Å². The summed E-state index contributed by atoms with van der Waals surface area (Å²) >= 11 is 0. The van der Waals surface area contributed by atoms with Crippen LogP contribution >= 0.6 is 0 Å². The molecule has 1 heteroatoms. The average Bonchev–Trinajstić information content (AvgIpc) is 2.76. The minimum atomic E-state index is -1.56. The van der Waals surface area contributed by atoms with E-state index >= 15 is 0 Å². The van der Waals surface area contributed by atoms with Crippen molar-refractivity contribution in [2.75, 3.05) is 0 Å². The molecule has 0 aliphatic heterocycles. The fourth-order valence-electron chi connectivity index (χ4n) is 3.31. The zero-order chi connectivity index (χ0) is 15.1. The van der Waals surface area contributed by atoms with E-state index in [2.05, 4.69) is 78.1 Å². The molecule has 0 saturated heterocycles. The van der Waals surface area contributed by atoms with Gasteiger partial charge in [-0.1, -0.05) is 85.7 Å². The van der Waals surface area contributed by atoms with Crippen LogP contribution in [-0.4, -0.2) is 8.07 Å². The molecule has 2 rings (SSSR count). The second-order valence-electron chi connectivity index (χ2n) is 7.75. The fourth-order valence-corrected chi connectivity index (χ4v) is 6.59. The highest BCUT2D eigenvalue weighted by atomic mass is 28.3. The highest BCUT2D eigenvalue weighted by molar-refractivity contribution is 6.95. The molecule has 0 unspecified atom stereocenters. The topological polar surface area (TPSA) is 0 Å². The lowest BCUT2D eigenvalue weighted by molar-refractivity contribution is 0.516. The maximum Gasteiger partial charge on any atom is 0.108 e. The number of allylic oxidation sites excluding steroid dienone is 4. The molecule has 1 aromatic rings. The first-order valence-corrected chi connectivity index (χ1v) is 10.6. The van der Waals surface area contributed by atoms with Gasteiger partial charge < -0.3 is 0 Å². The fraction of sp³-hybridized carbons (Fsp3) is 0.474. The Labute approximate surface area is 125 Å². The predicted molar refractivity (Wildman–Crippen MR) is 93.3 cm³/mol. The van der Waals surface area contributed by atoms with E-state index in [1.807, 2.05) is 0 Å². The smallest absolute Gasteiger partial charge is 0.0805 e. The largest absolute Gasteiger partial charge is 0.108 e. The number of hydrogen-bond donors (Lipinski definition) is 0. The summed E-state index contributed by atoms with van der Waals surface area (Å²) in [5, 5.41) is 3.30. The first-order valence-electron chi connectivity index (χ1n) is 7.62. The van der Waals surface area contributed by atoms with Crippen LogP contribution in [0, 0.1) is 19.3 Å². The molecule has 1 aliphatic rings. The Kier molecular flexibility index (Phi) is 3.85. The average molecular weight is 285 g/mol. The summed E-state index contributed by atoms with van der Waals surface area (Å²) in [6, 6.07) is 7.09. The van der Waals surface area contributed by atoms with E-state index in [0.29, 0.717) is 0 Å². The molecule has 20 heavy (non-hydrogen) atoms. The van der Waals surface area contributed by atoms with Gasteiger partial charge in [-0.3, -0.25) is 0 Å². The number of hydrogen-bond acceptors (Lipinski definition) is 0. The first-order chi connectivity index (χ1) is 9.12. The molecular weight excluding hydrogens is 256 g/mol. The molecule has 0 nitrogen and oxygen atoms in total. The standard InChI is InChI=1S/C19H28Si/c1-14-11-15(2)13-16(12-14)20(6,7)18-10-8-9-17(18)19(3,4)5/h8-9,11-13H,10H2,1-7H3. The quantitative estimate of drug-likeness (QED) is 0.666. The molecule has 1 aromatic carbocycles. The molecule has 0 saturated carbocycles. The van der Waals surface area contributed by atoms with E-state index < -0.39 is 8.07 Å². The van der Waals surface area contributed by atoms with Gasteiger partial charge in [0.05, 0.1) is 0 Å². The van der Waals surface area contributed by atoms with Gasteiger partial charge in [0.2, 0.25) is 0 Å². The van der Waals surface area contributed by atoms with Crippen LogP contribution in [0.15, 0.2) is 41.1 Å². The van der Waals surface area contributed by atoms with Crippen LogP contribution in [0.1, 0.15) is 38.3 Å². The molecule has 0 amide bonds. The molecule has 0 radical (unpaired) electrons. The van der Waals surface area contributed by atoms with Crippen molar-refractivity contribution in [2.45, 2.75) is 54.1 Å². The Bertz CT molecular complexity index is 560. The summed E-state index contributed by atoms with van der Waals surface area (Å²) in [6.45, 7) is 16.5. The molecule has 0 aromatic heterocycles. The molecular formula is C19H28Si. The zero-order valence-corrected chi connectivity index (χ0v) is 15.1. The van der Waals surface area contributed by atoms with E-state index in [1.165, 1.54) is 11.1 Å². The zero-order valence-electron chi connectivity index (χ0n) is 14.1. The Morgan fingerprint density at radius 2 is 1.50 bits per heavy atom. The third-order valence-electron chi connectivity index (χ3n) is 4.44. The van der Waals surface area contributed by atoms with Crippen molar-refractivity contribution in [3.63, 3.8) is 0 Å². The third-order valence-corrected chi connectivity index (χ3v) is 8.15. The Balaban J connectivity index is 2.55. The van der Waals surface area contributed by atoms with E-state index in [9.17, 15) is 0 Å². The van der Waals surface area contributed by atoms with Crippen LogP contribution in [0.4, 0.5) is 0 Å². The minimum absolute atomic E-state index is 0.255. The minimum Gasteiger partial charge on any atom is -0.0805 e. The van der Waals surface area contributed by atoms with Gasteiger partial charge in [-0.15, -0.1) is 0 Å². The Morgan fingerprint density at radius 3 is 2.00 bits per heavy atom. The van der Waals surface area contributed by atoms with Crippen LogP contribution in [0.25, 0.3) is 0 Å². The van der Waals surface area contributed by atoms with Crippen molar-refractivity contribution in [3.05, 3.63) is 52.2 Å². The Hall–Kier alpha value is -1.08. The lowest BCUT2D eigenvalue weighted by Crippen LogP contribution is -2.45. The second-order valence-corrected chi connectivity index (χ2v) is 12.2. The van der Waals surface area contributed by atoms with Gasteiger partial charge >= 0.3 is 0 Å². The van der Waals surface area contributed by atoms with Gasteiger partial charge in [0, 0.05) is 0 Å². The normalized spacial score (nSPS) is 16.1. The number of benzene rings is 1. The van der Waals surface area contributed by atoms with Gasteiger partial charge in [0.25, 0.3) is 0 Å². The molecule has 0 atom stereocenters. The maximum atomic E-state index is 2.51. The summed E-state index contributed by atoms with van der Waals surface area (Å²) in [5.74, 6) is 0. The van der Waals surface area contributed by atoms with Crippen molar-refractivity contribution >= 4 is 13.3 Å². The monoisotopic (exact) mass is 284 g/mol. The highest BCUT2D eigenvalue weighted by Gasteiger charge is 2.34. The molecule has 0 N–H and O–H groups in total. The summed E-state index contributed by atoms with van der Waals surface area (Å²) < 4.78 is 0. The Morgan fingerprint density at radius 1 is 0.950 bits per heavy atom. The number of aryl methyl sites for hydroxylation is 2. The maximum absolute atomic E-state index is 2.51. The molecule has 0 bridgehead atoms. The van der Waals surface area contributed by atoms with Crippen LogP contribution in [0.5, 0.6) is 0 Å². The molecule has 0 heterocycles. The van der Waals surface area contributed by atoms with Crippen molar-refractivity contribution < 1.29 is 0 Å². The number of rotatable bonds is 2. The van der Waals surface area contributed by atoms with Crippen LogP contribution in [0.3, 0.4) is 0 Å². The van der Waals surface area contributed by atoms with Crippen molar-refractivity contribution in [1.29, 1.82) is 0 Å². The molecule has 108 valence electrons. The van der Waals surface area contributed by atoms with Crippen LogP contribution < -0.4 is 5.19 Å². The van der Waals surface area contributed by atoms with E-state index in [0.717, 1.165) is 6.42 Å². The summed E-state index contributed by atoms with van der Waals surface area (Å²) in [6.07, 6.45) is 5.87. The van der Waals surface area contributed by atoms with E-state index in [1.54, 1.807) is 16.0 Å². The predicted octanol–water partition coefficient (Wildman–Crippen LogP) is 5.06. The van der Waals surface area contributed by atoms with Gasteiger partial charge in [-0.2, -0.15) is 0 Å². The van der Waals surface area contributed by atoms with E-state index in [-0.39, 0.29) is 5.41 Å². The van der Waals surface area contributed by atoms with Crippen LogP contribution in [-0.2, 0) is 0 Å². The first kappa shape index (κ1) is 15.3. The van der Waals surface area contributed by atoms with Crippen molar-refractivity contribution in [1.82, 2.24) is 0 Å². The highest BCUT2D eigenvalue weighted by Crippen LogP contribution is 2.38. The molecule has 0 fully saturated rings. The van der Waals surface area contributed by atoms with E-state index in [4.69, 9.17) is 0 Å². The summed E-state index contributed by atoms with van der Waals surface area (Å²) in [4.78, 5) is 0. The van der Waals surface area contributed by atoms with Crippen molar-refractivity contribution in [3.8, 4) is 0 Å². The molecule has 0 spiro atoms. The second kappa shape index (κ2) is 5.03. The van der Waals surface area contributed by atoms with Gasteiger partial charge in [0.1, 0.15) is 8.07 Å². The van der Waals surface area contributed by atoms with Crippen LogP contribution in [0.2, 0.25) is 13.1 Å². The summed E-state index contributed by atoms with van der Waals surface area (Å²) in [7, 11) is -1.56. The summed E-state index contributed by atoms with van der Waals surface area (Å²) in [5.41, 5.74) is 4.62. The van der Waals surface area contributed by atoms with Crippen molar-refractivity contribution in [2.24, 2.45) is 5.41 Å². The van der Waals surface area contributed by atoms with Gasteiger partial charge in [0.15, 0.2) is 0 Å². The van der Waals surface area contributed by atoms with Gasteiger partial charge in [-0.05, 0) is 31.3 Å². The lowest BCUT2D eigenvalue weighted by atomic mass is 9.87. The molecule has 1 aliphatic carbocycles. The third kappa shape index (κ3) is 2.83. The lowest BCUT2D eigenvalue weighted by Gasteiger charge is -2.31. The SMILES string of the molecule is Cc1cc(C)cc([Si](C)(C)C2=C(C(C)(C)C)C=CC2)c1.